The van der Waals surface area contributed by atoms with Gasteiger partial charge in [-0.05, 0) is 43.7 Å². The van der Waals surface area contributed by atoms with Gasteiger partial charge in [0.25, 0.3) is 5.91 Å². The number of nitrogens with two attached hydrogens (primary N) is 1. The molecule has 0 atom stereocenters. The molecule has 0 aromatic carbocycles. The molecule has 0 bridgehead atoms. The third-order valence-electron chi connectivity index (χ3n) is 4.38. The number of hydrogen-bond donors (Lipinski definition) is 3. The standard InChI is InChI=1S/C15H22N4O2/c1-2-11-6-8-15(9-7-11,14(16)19-21)18-13(20)12-5-3-4-10-17-12/h3-5,10-11,21H,2,6-9H2,1H3,(H2,16,19)(H,18,20). The zero-order valence-electron chi connectivity index (χ0n) is 12.2. The predicted octanol–water partition coefficient (Wildman–Crippen LogP) is 1.90. The molecule has 1 heterocycles. The molecule has 1 fully saturated rings. The largest absolute Gasteiger partial charge is 0.409 e. The number of carbonyl (C=O) groups is 1. The molecule has 0 radical (unpaired) electrons. The fourth-order valence-corrected chi connectivity index (χ4v) is 2.90. The topological polar surface area (TPSA) is 101 Å². The number of rotatable bonds is 4. The predicted molar refractivity (Wildman–Crippen MR) is 80.1 cm³/mol. The number of nitrogens with zero attached hydrogens (tertiary/aromatic N) is 2. The smallest absolute Gasteiger partial charge is 0.270 e. The van der Waals surface area contributed by atoms with Gasteiger partial charge in [-0.2, -0.15) is 0 Å². The van der Waals surface area contributed by atoms with Crippen molar-refractivity contribution in [3.63, 3.8) is 0 Å². The average molecular weight is 290 g/mol. The average Bonchev–Trinajstić information content (AvgIpc) is 2.55. The fraction of sp³-hybridized carbons (Fsp3) is 0.533. The van der Waals surface area contributed by atoms with Crippen LogP contribution >= 0.6 is 0 Å². The fourth-order valence-electron chi connectivity index (χ4n) is 2.90. The first-order valence-electron chi connectivity index (χ1n) is 7.33. The van der Waals surface area contributed by atoms with Gasteiger partial charge in [0.2, 0.25) is 0 Å². The van der Waals surface area contributed by atoms with Crippen LogP contribution in [0.2, 0.25) is 0 Å². The molecule has 0 spiro atoms. The van der Waals surface area contributed by atoms with E-state index in [1.54, 1.807) is 24.4 Å². The lowest BCUT2D eigenvalue weighted by Crippen LogP contribution is -2.59. The Labute approximate surface area is 124 Å². The SMILES string of the molecule is CCC1CCC(NC(=O)c2ccccn2)(/C(N)=N/O)CC1. The van der Waals surface area contributed by atoms with Crippen LogP contribution in [0.3, 0.4) is 0 Å². The monoisotopic (exact) mass is 290 g/mol. The Morgan fingerprint density at radius 3 is 2.76 bits per heavy atom. The van der Waals surface area contributed by atoms with Crippen LogP contribution in [-0.4, -0.2) is 27.5 Å². The highest BCUT2D eigenvalue weighted by Crippen LogP contribution is 2.34. The van der Waals surface area contributed by atoms with Gasteiger partial charge >= 0.3 is 0 Å². The molecule has 0 unspecified atom stereocenters. The number of amides is 1. The lowest BCUT2D eigenvalue weighted by Gasteiger charge is -2.39. The number of nitrogens with one attached hydrogen (secondary N) is 1. The molecule has 1 amide bonds. The second kappa shape index (κ2) is 6.56. The van der Waals surface area contributed by atoms with E-state index in [1.165, 1.54) is 0 Å². The van der Waals surface area contributed by atoms with E-state index in [2.05, 4.69) is 22.4 Å². The van der Waals surface area contributed by atoms with Gasteiger partial charge in [0, 0.05) is 6.20 Å². The van der Waals surface area contributed by atoms with E-state index in [1.807, 2.05) is 0 Å². The first kappa shape index (κ1) is 15.3. The number of pyridine rings is 1. The Hall–Kier alpha value is -2.11. The Morgan fingerprint density at radius 1 is 1.52 bits per heavy atom. The molecule has 6 nitrogen and oxygen atoms in total. The minimum absolute atomic E-state index is 0.0707. The van der Waals surface area contributed by atoms with E-state index < -0.39 is 5.54 Å². The minimum atomic E-state index is -0.769. The van der Waals surface area contributed by atoms with E-state index in [0.29, 0.717) is 24.5 Å². The van der Waals surface area contributed by atoms with Gasteiger partial charge in [0.15, 0.2) is 5.84 Å². The summed E-state index contributed by atoms with van der Waals surface area (Å²) >= 11 is 0. The maximum absolute atomic E-state index is 12.3. The molecule has 2 rings (SSSR count). The first-order chi connectivity index (χ1) is 10.1. The highest BCUT2D eigenvalue weighted by Gasteiger charge is 2.40. The van der Waals surface area contributed by atoms with Gasteiger partial charge in [-0.15, -0.1) is 0 Å². The molecule has 1 aromatic rings. The van der Waals surface area contributed by atoms with Gasteiger partial charge in [-0.1, -0.05) is 24.6 Å². The van der Waals surface area contributed by atoms with Crippen LogP contribution in [0.25, 0.3) is 0 Å². The first-order valence-corrected chi connectivity index (χ1v) is 7.33. The maximum Gasteiger partial charge on any atom is 0.270 e. The van der Waals surface area contributed by atoms with Crippen LogP contribution in [-0.2, 0) is 0 Å². The Balaban J connectivity index is 2.17. The number of aromatic nitrogens is 1. The lowest BCUT2D eigenvalue weighted by atomic mass is 9.75. The van der Waals surface area contributed by atoms with Crippen molar-refractivity contribution in [1.29, 1.82) is 0 Å². The highest BCUT2D eigenvalue weighted by molar-refractivity contribution is 5.99. The molecule has 0 saturated heterocycles. The van der Waals surface area contributed by atoms with Gasteiger partial charge in [-0.25, -0.2) is 0 Å². The zero-order chi connectivity index (χ0) is 15.3. The number of oxime groups is 1. The lowest BCUT2D eigenvalue weighted by molar-refractivity contribution is 0.0890. The molecule has 1 aliphatic rings. The third kappa shape index (κ3) is 3.32. The summed E-state index contributed by atoms with van der Waals surface area (Å²) in [5, 5.41) is 15.1. The van der Waals surface area contributed by atoms with Crippen molar-refractivity contribution in [2.75, 3.05) is 0 Å². The van der Waals surface area contributed by atoms with Gasteiger partial charge < -0.3 is 16.3 Å². The van der Waals surface area contributed by atoms with E-state index in [-0.39, 0.29) is 11.7 Å². The molecule has 21 heavy (non-hydrogen) atoms. The summed E-state index contributed by atoms with van der Waals surface area (Å²) in [6.45, 7) is 2.16. The molecule has 6 heteroatoms. The second-order valence-electron chi connectivity index (χ2n) is 5.59. The Bertz CT molecular complexity index is 508. The highest BCUT2D eigenvalue weighted by atomic mass is 16.4. The summed E-state index contributed by atoms with van der Waals surface area (Å²) in [5.74, 6) is 0.412. The normalized spacial score (nSPS) is 26.3. The van der Waals surface area contributed by atoms with Crippen LogP contribution in [0.15, 0.2) is 29.6 Å². The van der Waals surface area contributed by atoms with Crippen molar-refractivity contribution >= 4 is 11.7 Å². The van der Waals surface area contributed by atoms with Crippen LogP contribution in [0, 0.1) is 5.92 Å². The molecule has 1 aromatic heterocycles. The zero-order valence-corrected chi connectivity index (χ0v) is 12.2. The van der Waals surface area contributed by atoms with Crippen molar-refractivity contribution in [2.45, 2.75) is 44.6 Å². The summed E-state index contributed by atoms with van der Waals surface area (Å²) in [7, 11) is 0. The number of amidine groups is 1. The molecular formula is C15H22N4O2. The second-order valence-corrected chi connectivity index (χ2v) is 5.59. The molecule has 4 N–H and O–H groups in total. The Morgan fingerprint density at radius 2 is 2.24 bits per heavy atom. The van der Waals surface area contributed by atoms with Crippen molar-refractivity contribution in [3.05, 3.63) is 30.1 Å². The van der Waals surface area contributed by atoms with Crippen LogP contribution in [0.4, 0.5) is 0 Å². The van der Waals surface area contributed by atoms with E-state index in [9.17, 15) is 4.79 Å². The summed E-state index contributed by atoms with van der Waals surface area (Å²) in [6, 6.07) is 5.15. The maximum atomic E-state index is 12.3. The third-order valence-corrected chi connectivity index (χ3v) is 4.38. The number of carbonyl (C=O) groups excluding carboxylic acids is 1. The van der Waals surface area contributed by atoms with Gasteiger partial charge in [-0.3, -0.25) is 9.78 Å². The van der Waals surface area contributed by atoms with Gasteiger partial charge in [0.05, 0.1) is 0 Å². The molecule has 1 saturated carbocycles. The van der Waals surface area contributed by atoms with E-state index in [0.717, 1.165) is 19.3 Å². The quantitative estimate of drug-likeness (QED) is 0.341. The van der Waals surface area contributed by atoms with Crippen molar-refractivity contribution < 1.29 is 10.0 Å². The van der Waals surface area contributed by atoms with Gasteiger partial charge in [0.1, 0.15) is 11.2 Å². The van der Waals surface area contributed by atoms with E-state index >= 15 is 0 Å². The van der Waals surface area contributed by atoms with Crippen molar-refractivity contribution in [3.8, 4) is 0 Å². The summed E-state index contributed by atoms with van der Waals surface area (Å²) < 4.78 is 0. The molecule has 114 valence electrons. The number of hydrogen-bond acceptors (Lipinski definition) is 4. The molecule has 0 aliphatic heterocycles. The van der Waals surface area contributed by atoms with Crippen molar-refractivity contribution in [1.82, 2.24) is 10.3 Å². The summed E-state index contributed by atoms with van der Waals surface area (Å²) in [6.07, 6.45) is 5.95. The van der Waals surface area contributed by atoms with Crippen LogP contribution < -0.4 is 11.1 Å². The Kier molecular flexibility index (Phi) is 4.77. The van der Waals surface area contributed by atoms with Crippen LogP contribution in [0.5, 0.6) is 0 Å². The van der Waals surface area contributed by atoms with Crippen LogP contribution in [0.1, 0.15) is 49.5 Å². The van der Waals surface area contributed by atoms with Crippen molar-refractivity contribution in [2.24, 2.45) is 16.8 Å². The minimum Gasteiger partial charge on any atom is -0.409 e. The summed E-state index contributed by atoms with van der Waals surface area (Å²) in [4.78, 5) is 16.4. The van der Waals surface area contributed by atoms with E-state index in [4.69, 9.17) is 10.9 Å². The molecular weight excluding hydrogens is 268 g/mol. The summed E-state index contributed by atoms with van der Waals surface area (Å²) in [5.41, 5.74) is 5.43. The molecule has 1 aliphatic carbocycles.